The van der Waals surface area contributed by atoms with Crippen molar-refractivity contribution in [3.8, 4) is 0 Å². The van der Waals surface area contributed by atoms with Gasteiger partial charge in [-0.3, -0.25) is 14.5 Å². The van der Waals surface area contributed by atoms with Gasteiger partial charge < -0.3 is 19.7 Å². The summed E-state index contributed by atoms with van der Waals surface area (Å²) in [5, 5.41) is 5.15. The highest BCUT2D eigenvalue weighted by molar-refractivity contribution is 7.21. The number of anilines is 2. The molecule has 2 aromatic heterocycles. The maximum atomic E-state index is 13.0. The van der Waals surface area contributed by atoms with Crippen molar-refractivity contribution in [1.29, 1.82) is 0 Å². The van der Waals surface area contributed by atoms with E-state index in [1.165, 1.54) is 11.3 Å². The Balaban J connectivity index is 1.16. The Kier molecular flexibility index (Phi) is 7.78. The molecule has 9 nitrogen and oxygen atoms in total. The monoisotopic (exact) mass is 545 g/mol. The first kappa shape index (κ1) is 25.8. The second-order valence-corrected chi connectivity index (χ2v) is 11.0. The molecule has 2 aliphatic rings. The highest BCUT2D eigenvalue weighted by atomic mass is 32.1. The number of ether oxygens (including phenoxy) is 2. The SMILES string of the molecule is O=C(CCN1CCOCC1)Cc1cccc(Nc2ncc3ccc4sc(C(=O)N5CCOCC5)cc4c3n2)c1. The van der Waals surface area contributed by atoms with Gasteiger partial charge in [-0.15, -0.1) is 11.3 Å². The van der Waals surface area contributed by atoms with E-state index in [0.717, 1.165) is 65.1 Å². The van der Waals surface area contributed by atoms with Crippen LogP contribution in [-0.4, -0.2) is 90.6 Å². The van der Waals surface area contributed by atoms with Gasteiger partial charge in [0.15, 0.2) is 0 Å². The minimum atomic E-state index is 0.0383. The normalized spacial score (nSPS) is 16.6. The second kappa shape index (κ2) is 11.7. The quantitative estimate of drug-likeness (QED) is 0.356. The molecule has 2 fully saturated rings. The van der Waals surface area contributed by atoms with E-state index in [4.69, 9.17) is 14.5 Å². The number of nitrogens with zero attached hydrogens (tertiary/aromatic N) is 4. The number of ketones is 1. The number of thiophene rings is 1. The Bertz CT molecular complexity index is 1490. The van der Waals surface area contributed by atoms with Crippen molar-refractivity contribution in [2.75, 3.05) is 64.5 Å². The molecule has 0 radical (unpaired) electrons. The van der Waals surface area contributed by atoms with Crippen molar-refractivity contribution in [2.24, 2.45) is 0 Å². The van der Waals surface area contributed by atoms with Gasteiger partial charge in [0.2, 0.25) is 5.95 Å². The number of carbonyl (C=O) groups is 2. The van der Waals surface area contributed by atoms with Gasteiger partial charge in [-0.2, -0.15) is 0 Å². The molecule has 0 saturated carbocycles. The molecule has 1 amide bonds. The topological polar surface area (TPSA) is 96.9 Å². The van der Waals surface area contributed by atoms with Gasteiger partial charge in [-0.1, -0.05) is 12.1 Å². The minimum Gasteiger partial charge on any atom is -0.379 e. The third kappa shape index (κ3) is 6.09. The number of amides is 1. The highest BCUT2D eigenvalue weighted by Crippen LogP contribution is 2.32. The molecular formula is C29H31N5O4S. The van der Waals surface area contributed by atoms with Crippen LogP contribution < -0.4 is 5.32 Å². The smallest absolute Gasteiger partial charge is 0.264 e. The number of fused-ring (bicyclic) bond motifs is 3. The lowest BCUT2D eigenvalue weighted by molar-refractivity contribution is -0.119. The van der Waals surface area contributed by atoms with E-state index in [9.17, 15) is 9.59 Å². The van der Waals surface area contributed by atoms with Gasteiger partial charge in [0.05, 0.1) is 36.8 Å². The summed E-state index contributed by atoms with van der Waals surface area (Å²) in [5.74, 6) is 0.734. The molecule has 0 spiro atoms. The minimum absolute atomic E-state index is 0.0383. The Morgan fingerprint density at radius 3 is 2.59 bits per heavy atom. The summed E-state index contributed by atoms with van der Waals surface area (Å²) in [7, 11) is 0. The van der Waals surface area contributed by atoms with Crippen LogP contribution in [0.2, 0.25) is 0 Å². The number of rotatable bonds is 8. The Labute approximate surface area is 230 Å². The summed E-state index contributed by atoms with van der Waals surface area (Å²) in [6, 6.07) is 13.8. The summed E-state index contributed by atoms with van der Waals surface area (Å²) in [4.78, 5) is 39.8. The molecule has 0 unspecified atom stereocenters. The van der Waals surface area contributed by atoms with Crippen molar-refractivity contribution in [1.82, 2.24) is 19.8 Å². The Morgan fingerprint density at radius 2 is 1.77 bits per heavy atom. The number of hydrogen-bond donors (Lipinski definition) is 1. The van der Waals surface area contributed by atoms with Gasteiger partial charge in [-0.05, 0) is 35.9 Å². The van der Waals surface area contributed by atoms with Crippen LogP contribution in [0.25, 0.3) is 21.0 Å². The highest BCUT2D eigenvalue weighted by Gasteiger charge is 2.21. The average molecular weight is 546 g/mol. The first-order valence-electron chi connectivity index (χ1n) is 13.4. The zero-order chi connectivity index (χ0) is 26.6. The molecule has 0 aliphatic carbocycles. The lowest BCUT2D eigenvalue weighted by Crippen LogP contribution is -2.40. The molecule has 4 heterocycles. The van der Waals surface area contributed by atoms with Crippen LogP contribution in [-0.2, 0) is 20.7 Å². The van der Waals surface area contributed by atoms with Gasteiger partial charge in [0, 0.05) is 72.9 Å². The molecule has 6 rings (SSSR count). The third-order valence-corrected chi connectivity index (χ3v) is 8.24. The lowest BCUT2D eigenvalue weighted by Gasteiger charge is -2.26. The number of hydrogen-bond acceptors (Lipinski definition) is 9. The van der Waals surface area contributed by atoms with E-state index in [1.54, 1.807) is 6.20 Å². The maximum Gasteiger partial charge on any atom is 0.264 e. The number of carbonyl (C=O) groups excluding carboxylic acids is 2. The van der Waals surface area contributed by atoms with Crippen LogP contribution in [0, 0.1) is 0 Å². The molecular weight excluding hydrogens is 514 g/mol. The number of Topliss-reactive ketones (excluding diaryl/α,β-unsaturated/α-hetero) is 1. The van der Waals surface area contributed by atoms with E-state index >= 15 is 0 Å². The van der Waals surface area contributed by atoms with Crippen molar-refractivity contribution in [3.63, 3.8) is 0 Å². The van der Waals surface area contributed by atoms with Crippen molar-refractivity contribution in [3.05, 3.63) is 59.1 Å². The van der Waals surface area contributed by atoms with Crippen molar-refractivity contribution in [2.45, 2.75) is 12.8 Å². The van der Waals surface area contributed by atoms with Crippen LogP contribution in [0.5, 0.6) is 0 Å². The van der Waals surface area contributed by atoms with Crippen molar-refractivity contribution < 1.29 is 19.1 Å². The lowest BCUT2D eigenvalue weighted by atomic mass is 10.1. The van der Waals surface area contributed by atoms with E-state index in [-0.39, 0.29) is 11.7 Å². The molecule has 39 heavy (non-hydrogen) atoms. The molecule has 0 bridgehead atoms. The molecule has 4 aromatic rings. The van der Waals surface area contributed by atoms with E-state index in [2.05, 4.69) is 15.2 Å². The van der Waals surface area contributed by atoms with E-state index in [1.807, 2.05) is 47.4 Å². The molecule has 1 N–H and O–H groups in total. The number of morpholine rings is 2. The van der Waals surface area contributed by atoms with Crippen LogP contribution in [0.3, 0.4) is 0 Å². The zero-order valence-electron chi connectivity index (χ0n) is 21.7. The summed E-state index contributed by atoms with van der Waals surface area (Å²) in [6.45, 7) is 6.42. The standard InChI is InChI=1S/C29H31N5O4S/c35-23(6-7-33-8-12-37-13-9-33)17-20-2-1-3-22(16-20)31-29-30-19-21-4-5-25-24(27(21)32-29)18-26(39-25)28(36)34-10-14-38-15-11-34/h1-5,16,18-19H,6-15,17H2,(H,30,31,32). The van der Waals surface area contributed by atoms with Crippen LogP contribution in [0.15, 0.2) is 48.7 Å². The summed E-state index contributed by atoms with van der Waals surface area (Å²) >= 11 is 1.49. The van der Waals surface area contributed by atoms with Crippen LogP contribution >= 0.6 is 11.3 Å². The fraction of sp³-hybridized carbons (Fsp3) is 0.379. The predicted molar refractivity (Wildman–Crippen MR) is 152 cm³/mol. The van der Waals surface area contributed by atoms with E-state index < -0.39 is 0 Å². The molecule has 2 saturated heterocycles. The molecule has 0 atom stereocenters. The van der Waals surface area contributed by atoms with Gasteiger partial charge in [0.25, 0.3) is 5.91 Å². The zero-order valence-corrected chi connectivity index (χ0v) is 22.5. The summed E-state index contributed by atoms with van der Waals surface area (Å²) in [5.41, 5.74) is 2.59. The molecule has 202 valence electrons. The van der Waals surface area contributed by atoms with Crippen LogP contribution in [0.1, 0.15) is 21.7 Å². The Hall–Kier alpha value is -3.44. The molecule has 10 heteroatoms. The fourth-order valence-electron chi connectivity index (χ4n) is 5.01. The second-order valence-electron chi connectivity index (χ2n) is 9.87. The number of nitrogens with one attached hydrogen (secondary N) is 1. The maximum absolute atomic E-state index is 13.0. The first-order chi connectivity index (χ1) is 19.1. The fourth-order valence-corrected chi connectivity index (χ4v) is 6.04. The summed E-state index contributed by atoms with van der Waals surface area (Å²) < 4.78 is 11.8. The Morgan fingerprint density at radius 1 is 0.974 bits per heavy atom. The number of aromatic nitrogens is 2. The largest absolute Gasteiger partial charge is 0.379 e. The van der Waals surface area contributed by atoms with Gasteiger partial charge in [0.1, 0.15) is 5.78 Å². The molecule has 2 aliphatic heterocycles. The van der Waals surface area contributed by atoms with E-state index in [0.29, 0.717) is 50.0 Å². The van der Waals surface area contributed by atoms with Crippen molar-refractivity contribution >= 4 is 55.7 Å². The van der Waals surface area contributed by atoms with Gasteiger partial charge in [-0.25, -0.2) is 9.97 Å². The van der Waals surface area contributed by atoms with Crippen LogP contribution in [0.4, 0.5) is 11.6 Å². The average Bonchev–Trinajstić information content (AvgIpc) is 3.42. The third-order valence-electron chi connectivity index (χ3n) is 7.15. The number of benzene rings is 2. The first-order valence-corrected chi connectivity index (χ1v) is 14.2. The summed E-state index contributed by atoms with van der Waals surface area (Å²) in [6.07, 6.45) is 2.73. The van der Waals surface area contributed by atoms with Gasteiger partial charge >= 0.3 is 0 Å². The molecule has 2 aromatic carbocycles. The predicted octanol–water partition coefficient (Wildman–Crippen LogP) is 3.89.